The van der Waals surface area contributed by atoms with Crippen molar-refractivity contribution in [2.45, 2.75) is 34.1 Å². The minimum Gasteiger partial charge on any atom is -0.351 e. The molecule has 0 aliphatic carbocycles. The minimum absolute atomic E-state index is 0. The molecule has 1 aliphatic rings. The van der Waals surface area contributed by atoms with E-state index in [-0.39, 0.29) is 26.4 Å². The van der Waals surface area contributed by atoms with Gasteiger partial charge in [0.05, 0.1) is 11.5 Å². The van der Waals surface area contributed by atoms with Crippen molar-refractivity contribution in [1.82, 2.24) is 23.5 Å². The number of hydrogen-bond acceptors (Lipinski definition) is 5. The summed E-state index contributed by atoms with van der Waals surface area (Å²) in [5.41, 5.74) is 7.11. The molecule has 0 radical (unpaired) electrons. The Labute approximate surface area is 258 Å². The molecule has 0 atom stereocenters. The second-order valence-electron chi connectivity index (χ2n) is 10.6. The van der Waals surface area contributed by atoms with Crippen LogP contribution in [0.1, 0.15) is 38.0 Å². The Morgan fingerprint density at radius 3 is 1.91 bits per heavy atom. The summed E-state index contributed by atoms with van der Waals surface area (Å²) in [6.07, 6.45) is 8.60. The number of benzene rings is 2. The van der Waals surface area contributed by atoms with Crippen molar-refractivity contribution in [2.75, 3.05) is 45.7 Å². The van der Waals surface area contributed by atoms with Crippen LogP contribution in [0.2, 0.25) is 0 Å². The highest BCUT2D eigenvalue weighted by atomic mass is 32.2. The van der Waals surface area contributed by atoms with Gasteiger partial charge in [0, 0.05) is 61.6 Å². The third-order valence-electron chi connectivity index (χ3n) is 7.70. The van der Waals surface area contributed by atoms with Crippen molar-refractivity contribution in [3.8, 4) is 0 Å². The molecule has 9 nitrogen and oxygen atoms in total. The molecule has 2 N–H and O–H groups in total. The molecule has 2 aromatic carbocycles. The normalized spacial score (nSPS) is 14.0. The van der Waals surface area contributed by atoms with E-state index in [9.17, 15) is 16.8 Å². The van der Waals surface area contributed by atoms with Crippen LogP contribution in [0.5, 0.6) is 0 Å². The molecule has 11 heteroatoms. The van der Waals surface area contributed by atoms with E-state index in [1.165, 1.54) is 36.1 Å². The summed E-state index contributed by atoms with van der Waals surface area (Å²) in [5, 5.41) is 2.36. The second-order valence-corrected chi connectivity index (χ2v) is 14.7. The summed E-state index contributed by atoms with van der Waals surface area (Å²) in [5.74, 6) is 0.243. The van der Waals surface area contributed by atoms with Gasteiger partial charge in [-0.05, 0) is 92.8 Å². The van der Waals surface area contributed by atoms with Crippen LogP contribution in [0.3, 0.4) is 0 Å². The van der Waals surface area contributed by atoms with Crippen LogP contribution in [-0.2, 0) is 47.0 Å². The molecule has 0 saturated carbocycles. The van der Waals surface area contributed by atoms with Crippen LogP contribution in [0.15, 0.2) is 60.9 Å². The van der Waals surface area contributed by atoms with E-state index in [2.05, 4.69) is 57.4 Å². The molecule has 43 heavy (non-hydrogen) atoms. The number of hydrogen-bond donors (Lipinski definition) is 2. The lowest BCUT2D eigenvalue weighted by molar-refractivity contribution is 0.370. The van der Waals surface area contributed by atoms with Crippen LogP contribution >= 0.6 is 0 Å². The molecule has 238 valence electrons. The monoisotopic (exact) mass is 631 g/mol. The third kappa shape index (κ3) is 9.26. The third-order valence-corrected chi connectivity index (χ3v) is 10.4. The van der Waals surface area contributed by atoms with E-state index < -0.39 is 20.0 Å². The zero-order valence-corrected chi connectivity index (χ0v) is 26.1. The fraction of sp³-hybridized carbons (Fsp3) is 0.438. The van der Waals surface area contributed by atoms with Gasteiger partial charge in [0.15, 0.2) is 0 Å². The Kier molecular flexibility index (Phi) is 12.8. The maximum atomic E-state index is 11.7. The lowest BCUT2D eigenvalue weighted by atomic mass is 9.98. The second kappa shape index (κ2) is 15.2. The van der Waals surface area contributed by atoms with Crippen LogP contribution in [0.25, 0.3) is 27.4 Å². The molecule has 0 spiro atoms. The van der Waals surface area contributed by atoms with Crippen molar-refractivity contribution in [2.24, 2.45) is 14.1 Å². The van der Waals surface area contributed by atoms with Gasteiger partial charge in [-0.15, -0.1) is 0 Å². The fourth-order valence-electron chi connectivity index (χ4n) is 5.06. The van der Waals surface area contributed by atoms with Crippen LogP contribution in [0.4, 0.5) is 0 Å². The molecule has 4 aromatic rings. The topological polar surface area (TPSA) is 105 Å². The van der Waals surface area contributed by atoms with Crippen molar-refractivity contribution in [3.05, 3.63) is 77.6 Å². The van der Waals surface area contributed by atoms with Gasteiger partial charge in [0.1, 0.15) is 0 Å². The Balaban J connectivity index is 0.000000302. The largest absolute Gasteiger partial charge is 0.351 e. The van der Waals surface area contributed by atoms with Crippen LogP contribution in [0, 0.1) is 0 Å². The van der Waals surface area contributed by atoms with Crippen molar-refractivity contribution >= 4 is 47.4 Å². The lowest BCUT2D eigenvalue weighted by Gasteiger charge is -2.21. The first-order valence-electron chi connectivity index (χ1n) is 13.7. The van der Waals surface area contributed by atoms with E-state index in [4.69, 9.17) is 0 Å². The number of nitrogens with zero attached hydrogens (tertiary/aromatic N) is 3. The molecule has 0 unspecified atom stereocenters. The number of nitrogens with one attached hydrogen (secondary N) is 2. The highest BCUT2D eigenvalue weighted by Gasteiger charge is 2.16. The first kappa shape index (κ1) is 36.2. The average Bonchev–Trinajstić information content (AvgIpc) is 3.50. The van der Waals surface area contributed by atoms with Crippen molar-refractivity contribution in [3.63, 3.8) is 0 Å². The van der Waals surface area contributed by atoms with E-state index in [1.807, 2.05) is 48.1 Å². The van der Waals surface area contributed by atoms with Gasteiger partial charge >= 0.3 is 0 Å². The van der Waals surface area contributed by atoms with Gasteiger partial charge in [0.25, 0.3) is 0 Å². The smallest absolute Gasteiger partial charge is 0.211 e. The van der Waals surface area contributed by atoms with Gasteiger partial charge in [-0.25, -0.2) is 26.3 Å². The van der Waals surface area contributed by atoms with Gasteiger partial charge in [-0.2, -0.15) is 0 Å². The Morgan fingerprint density at radius 1 is 0.767 bits per heavy atom. The zero-order chi connectivity index (χ0) is 29.8. The molecule has 2 aromatic heterocycles. The summed E-state index contributed by atoms with van der Waals surface area (Å²) >= 11 is 0. The fourth-order valence-corrected chi connectivity index (χ4v) is 6.48. The Hall–Kier alpha value is -2.96. The number of aryl methyl sites for hydroxylation is 4. The number of aromatic nitrogens is 2. The molecular formula is C32H49N5O4S2. The number of likely N-dealkylation sites (N-methyl/N-ethyl adjacent to an activating group) is 1. The van der Waals surface area contributed by atoms with E-state index in [0.29, 0.717) is 12.8 Å². The van der Waals surface area contributed by atoms with Crippen LogP contribution < -0.4 is 9.44 Å². The highest BCUT2D eigenvalue weighted by molar-refractivity contribution is 7.89. The Bertz CT molecular complexity index is 1770. The number of rotatable bonds is 9. The van der Waals surface area contributed by atoms with Gasteiger partial charge in [0.2, 0.25) is 20.0 Å². The summed E-state index contributed by atoms with van der Waals surface area (Å²) in [7, 11) is 2.79. The lowest BCUT2D eigenvalue weighted by Crippen LogP contribution is -2.23. The quantitative estimate of drug-likeness (QED) is 0.283. The zero-order valence-electron chi connectivity index (χ0n) is 24.5. The molecular weight excluding hydrogens is 583 g/mol. The van der Waals surface area contributed by atoms with E-state index >= 15 is 0 Å². The van der Waals surface area contributed by atoms with Gasteiger partial charge in [-0.3, -0.25) is 0 Å². The molecule has 3 heterocycles. The first-order valence-corrected chi connectivity index (χ1v) is 17.0. The van der Waals surface area contributed by atoms with Crippen LogP contribution in [-0.4, -0.2) is 76.6 Å². The summed E-state index contributed by atoms with van der Waals surface area (Å²) in [6.45, 7) is 2.05. The standard InChI is InChI=1S/C18H25N3O2S.C12H16N2O2S.2CH4/c1-19-24(22,23)11-8-14-4-5-18-16(12-14)17(13-21(18)3)15-6-9-20(2)10-7-15;1-13-17(15,16)8-6-10-3-4-12-11(9-10)5-7-14(12)2;;/h4-6,12-13,19H,7-11H2,1-3H3;3-5,7,9,13H,6,8H2,1-2H3;2*1H4. The van der Waals surface area contributed by atoms with E-state index in [0.717, 1.165) is 41.5 Å². The van der Waals surface area contributed by atoms with Gasteiger partial charge in [-0.1, -0.05) is 33.1 Å². The molecule has 5 rings (SSSR count). The summed E-state index contributed by atoms with van der Waals surface area (Å²) in [6, 6.07) is 14.3. The molecule has 0 amide bonds. The first-order chi connectivity index (χ1) is 19.4. The van der Waals surface area contributed by atoms with Crippen molar-refractivity contribution in [1.29, 1.82) is 0 Å². The average molecular weight is 632 g/mol. The van der Waals surface area contributed by atoms with Crippen molar-refractivity contribution < 1.29 is 16.8 Å². The molecule has 0 bridgehead atoms. The highest BCUT2D eigenvalue weighted by Crippen LogP contribution is 2.31. The van der Waals surface area contributed by atoms with Gasteiger partial charge < -0.3 is 14.0 Å². The molecule has 0 saturated heterocycles. The predicted octanol–water partition coefficient (Wildman–Crippen LogP) is 4.53. The summed E-state index contributed by atoms with van der Waals surface area (Å²) in [4.78, 5) is 2.31. The maximum Gasteiger partial charge on any atom is 0.211 e. The maximum absolute atomic E-state index is 11.7. The molecule has 0 fully saturated rings. The predicted molar refractivity (Wildman–Crippen MR) is 182 cm³/mol. The number of fused-ring (bicyclic) bond motifs is 2. The molecule has 1 aliphatic heterocycles. The minimum atomic E-state index is -3.17. The summed E-state index contributed by atoms with van der Waals surface area (Å²) < 4.78 is 54.9. The Morgan fingerprint density at radius 2 is 1.35 bits per heavy atom. The van der Waals surface area contributed by atoms with E-state index in [1.54, 1.807) is 0 Å². The SMILES string of the molecule is C.C.CNS(=O)(=O)CCc1ccc2c(c1)c(C1=CCN(C)CC1)cn2C.CNS(=O)(=O)CCc1ccc2c(ccn2C)c1. The number of sulfonamides is 2.